The van der Waals surface area contributed by atoms with E-state index in [1.165, 1.54) is 64.7 Å². The SMILES string of the molecule is CC1(CCC2OCC(C[N+]3(C)CCCCC3)O2)OCC(C[N+]2(C)CCCCC2)O1. The number of nitrogens with zero attached hydrogens (tertiary/aromatic N) is 2. The minimum Gasteiger partial charge on any atom is -0.350 e. The second-order valence-electron chi connectivity index (χ2n) is 10.9. The van der Waals surface area contributed by atoms with Crippen LogP contribution in [0.2, 0.25) is 0 Å². The molecule has 0 aliphatic carbocycles. The predicted molar refractivity (Wildman–Crippen MR) is 112 cm³/mol. The summed E-state index contributed by atoms with van der Waals surface area (Å²) in [5.41, 5.74) is 0. The number of quaternary nitrogens is 2. The molecule has 6 nitrogen and oxygen atoms in total. The lowest BCUT2D eigenvalue weighted by atomic mass is 10.1. The molecule has 0 N–H and O–H groups in total. The zero-order chi connectivity index (χ0) is 20.4. The van der Waals surface area contributed by atoms with Crippen molar-refractivity contribution in [1.29, 1.82) is 0 Å². The average molecular weight is 413 g/mol. The Morgan fingerprint density at radius 1 is 0.793 bits per heavy atom. The third-order valence-electron chi connectivity index (χ3n) is 7.72. The van der Waals surface area contributed by atoms with Gasteiger partial charge in [-0.1, -0.05) is 0 Å². The second-order valence-corrected chi connectivity index (χ2v) is 10.9. The third-order valence-corrected chi connectivity index (χ3v) is 7.72. The van der Waals surface area contributed by atoms with Gasteiger partial charge in [0.1, 0.15) is 25.3 Å². The molecule has 0 aromatic heterocycles. The summed E-state index contributed by atoms with van der Waals surface area (Å²) >= 11 is 0. The Morgan fingerprint density at radius 2 is 1.38 bits per heavy atom. The Hall–Kier alpha value is -0.240. The van der Waals surface area contributed by atoms with Crippen molar-refractivity contribution in [3.8, 4) is 0 Å². The first-order valence-corrected chi connectivity index (χ1v) is 12.1. The van der Waals surface area contributed by atoms with Crippen molar-refractivity contribution >= 4 is 0 Å². The molecule has 0 amide bonds. The Labute approximate surface area is 177 Å². The van der Waals surface area contributed by atoms with E-state index in [4.69, 9.17) is 18.9 Å². The van der Waals surface area contributed by atoms with Crippen LogP contribution in [-0.2, 0) is 18.9 Å². The molecule has 4 aliphatic rings. The minimum atomic E-state index is -0.490. The highest BCUT2D eigenvalue weighted by Crippen LogP contribution is 2.32. The number of likely N-dealkylation sites (N-methyl/N-ethyl adjacent to an activating group) is 2. The van der Waals surface area contributed by atoms with E-state index in [0.717, 1.165) is 48.1 Å². The van der Waals surface area contributed by atoms with Crippen LogP contribution in [0.4, 0.5) is 0 Å². The summed E-state index contributed by atoms with van der Waals surface area (Å²) in [5.74, 6) is -0.490. The molecule has 0 bridgehead atoms. The van der Waals surface area contributed by atoms with Gasteiger partial charge in [-0.15, -0.1) is 0 Å². The van der Waals surface area contributed by atoms with Gasteiger partial charge in [-0.3, -0.25) is 0 Å². The van der Waals surface area contributed by atoms with E-state index in [0.29, 0.717) is 0 Å². The molecule has 29 heavy (non-hydrogen) atoms. The molecule has 4 rings (SSSR count). The summed E-state index contributed by atoms with van der Waals surface area (Å²) < 4.78 is 27.0. The van der Waals surface area contributed by atoms with Crippen molar-refractivity contribution in [1.82, 2.24) is 0 Å². The van der Waals surface area contributed by atoms with E-state index in [1.54, 1.807) is 0 Å². The molecule has 4 fully saturated rings. The van der Waals surface area contributed by atoms with Crippen molar-refractivity contribution in [3.05, 3.63) is 0 Å². The van der Waals surface area contributed by atoms with Crippen molar-refractivity contribution in [3.63, 3.8) is 0 Å². The molecule has 4 saturated heterocycles. The second kappa shape index (κ2) is 9.09. The molecule has 0 aromatic carbocycles. The molecular weight excluding hydrogens is 368 g/mol. The van der Waals surface area contributed by atoms with Crippen LogP contribution in [0.5, 0.6) is 0 Å². The molecule has 0 aromatic rings. The summed E-state index contributed by atoms with van der Waals surface area (Å²) in [6.45, 7) is 10.8. The van der Waals surface area contributed by atoms with Crippen LogP contribution in [0.3, 0.4) is 0 Å². The fourth-order valence-electron chi connectivity index (χ4n) is 5.95. The Balaban J connectivity index is 1.18. The highest BCUT2D eigenvalue weighted by atomic mass is 16.7. The van der Waals surface area contributed by atoms with Crippen LogP contribution in [0, 0.1) is 0 Å². The number of rotatable bonds is 7. The lowest BCUT2D eigenvalue weighted by molar-refractivity contribution is -0.916. The maximum absolute atomic E-state index is 6.39. The smallest absolute Gasteiger partial charge is 0.166 e. The van der Waals surface area contributed by atoms with Crippen molar-refractivity contribution < 1.29 is 27.9 Å². The molecule has 0 radical (unpaired) electrons. The molecule has 4 heterocycles. The van der Waals surface area contributed by atoms with E-state index in [1.807, 2.05) is 0 Å². The number of piperidine rings is 2. The van der Waals surface area contributed by atoms with Gasteiger partial charge in [-0.05, 0) is 45.4 Å². The van der Waals surface area contributed by atoms with Gasteiger partial charge in [0, 0.05) is 12.8 Å². The van der Waals surface area contributed by atoms with E-state index in [-0.39, 0.29) is 18.5 Å². The van der Waals surface area contributed by atoms with Crippen LogP contribution in [0.25, 0.3) is 0 Å². The molecule has 6 heteroatoms. The molecular formula is C23H44N2O4+2. The summed E-state index contributed by atoms with van der Waals surface area (Å²) in [6, 6.07) is 0. The first kappa shape index (κ1) is 22.0. The highest BCUT2D eigenvalue weighted by Gasteiger charge is 2.42. The van der Waals surface area contributed by atoms with Gasteiger partial charge in [0.2, 0.25) is 0 Å². The maximum Gasteiger partial charge on any atom is 0.166 e. The summed E-state index contributed by atoms with van der Waals surface area (Å²) in [4.78, 5) is 0. The van der Waals surface area contributed by atoms with Crippen molar-refractivity contribution in [2.24, 2.45) is 0 Å². The first-order chi connectivity index (χ1) is 13.9. The number of hydrogen-bond donors (Lipinski definition) is 0. The number of hydrogen-bond acceptors (Lipinski definition) is 4. The Kier molecular flexibility index (Phi) is 6.89. The molecule has 0 saturated carbocycles. The van der Waals surface area contributed by atoms with Crippen LogP contribution in [0.1, 0.15) is 58.3 Å². The molecule has 168 valence electrons. The fraction of sp³-hybridized carbons (Fsp3) is 1.00. The van der Waals surface area contributed by atoms with Gasteiger partial charge in [0.25, 0.3) is 0 Å². The van der Waals surface area contributed by atoms with Crippen LogP contribution in [0.15, 0.2) is 0 Å². The molecule has 0 spiro atoms. The normalized spacial score (nSPS) is 39.6. The first-order valence-electron chi connectivity index (χ1n) is 12.1. The quantitative estimate of drug-likeness (QED) is 0.603. The summed E-state index contributed by atoms with van der Waals surface area (Å²) in [5, 5.41) is 0. The predicted octanol–water partition coefficient (Wildman–Crippen LogP) is 2.90. The van der Waals surface area contributed by atoms with Gasteiger partial charge in [-0.25, -0.2) is 0 Å². The fourth-order valence-corrected chi connectivity index (χ4v) is 5.95. The zero-order valence-corrected chi connectivity index (χ0v) is 19.1. The topological polar surface area (TPSA) is 36.9 Å². The Bertz CT molecular complexity index is 533. The number of likely N-dealkylation sites (tertiary alicyclic amines) is 2. The zero-order valence-electron chi connectivity index (χ0n) is 19.1. The average Bonchev–Trinajstić information content (AvgIpc) is 3.27. The third kappa shape index (κ3) is 5.92. The van der Waals surface area contributed by atoms with E-state index in [9.17, 15) is 0 Å². The molecule has 4 atom stereocenters. The minimum absolute atomic E-state index is 0.105. The highest BCUT2D eigenvalue weighted by molar-refractivity contribution is 4.77. The van der Waals surface area contributed by atoms with Gasteiger partial charge in [0.05, 0.1) is 53.5 Å². The van der Waals surface area contributed by atoms with Crippen molar-refractivity contribution in [2.75, 3.05) is 66.6 Å². The largest absolute Gasteiger partial charge is 0.350 e. The number of ether oxygens (including phenoxy) is 4. The van der Waals surface area contributed by atoms with Gasteiger partial charge in [0.15, 0.2) is 12.1 Å². The monoisotopic (exact) mass is 412 g/mol. The van der Waals surface area contributed by atoms with Crippen LogP contribution in [-0.4, -0.2) is 99.8 Å². The lowest BCUT2D eigenvalue weighted by Crippen LogP contribution is -2.52. The van der Waals surface area contributed by atoms with Gasteiger partial charge < -0.3 is 27.9 Å². The van der Waals surface area contributed by atoms with Crippen LogP contribution < -0.4 is 0 Å². The standard InChI is InChI=1S/C23H44N2O4/c1-23(27-19-21(29-23)17-25(3)14-8-5-9-15-25)11-10-22-26-18-20(28-22)16-24(2)12-6-4-7-13-24/h20-22H,4-19H2,1-3H3/q+2. The van der Waals surface area contributed by atoms with E-state index < -0.39 is 5.79 Å². The Morgan fingerprint density at radius 3 is 2.00 bits per heavy atom. The van der Waals surface area contributed by atoms with E-state index >= 15 is 0 Å². The van der Waals surface area contributed by atoms with Gasteiger partial charge >= 0.3 is 0 Å². The summed E-state index contributed by atoms with van der Waals surface area (Å²) in [7, 11) is 4.76. The van der Waals surface area contributed by atoms with Gasteiger partial charge in [-0.2, -0.15) is 0 Å². The summed E-state index contributed by atoms with van der Waals surface area (Å²) in [6.07, 6.45) is 10.2. The van der Waals surface area contributed by atoms with E-state index in [2.05, 4.69) is 21.0 Å². The lowest BCUT2D eigenvalue weighted by Gasteiger charge is -2.39. The maximum atomic E-state index is 6.39. The van der Waals surface area contributed by atoms with Crippen molar-refractivity contribution in [2.45, 2.75) is 82.6 Å². The van der Waals surface area contributed by atoms with Crippen LogP contribution >= 0.6 is 0 Å². The molecule has 4 aliphatic heterocycles. The molecule has 4 unspecified atom stereocenters.